The van der Waals surface area contributed by atoms with Gasteiger partial charge in [-0.2, -0.15) is 0 Å². The Balaban J connectivity index is 1.45. The van der Waals surface area contributed by atoms with Crippen molar-refractivity contribution in [1.82, 2.24) is 0 Å². The van der Waals surface area contributed by atoms with Gasteiger partial charge >= 0.3 is 424 Å². The fourth-order valence-corrected chi connectivity index (χ4v) is 43.2. The third-order valence-electron chi connectivity index (χ3n) is 15.8. The summed E-state index contributed by atoms with van der Waals surface area (Å²) in [4.78, 5) is 0. The summed E-state index contributed by atoms with van der Waals surface area (Å²) in [5.74, 6) is -0.203. The van der Waals surface area contributed by atoms with Crippen molar-refractivity contribution < 1.29 is 15.6 Å². The third kappa shape index (κ3) is 9.40. The summed E-state index contributed by atoms with van der Waals surface area (Å²) >= 11 is -5.21. The minimum absolute atomic E-state index is 0.0180. The maximum absolute atomic E-state index is 9.28. The number of unbranched alkanes of at least 4 members (excludes halogenated alkanes) is 2. The fourth-order valence-electron chi connectivity index (χ4n) is 11.7. The molecule has 0 spiro atoms. The van der Waals surface area contributed by atoms with Gasteiger partial charge in [-0.3, -0.25) is 0 Å². The van der Waals surface area contributed by atoms with Gasteiger partial charge in [0, 0.05) is 0 Å². The molecule has 6 aromatic carbocycles. The molecule has 0 heterocycles. The van der Waals surface area contributed by atoms with E-state index in [9.17, 15) is 17.0 Å². The van der Waals surface area contributed by atoms with E-state index >= 15 is 0 Å². The van der Waals surface area contributed by atoms with Crippen molar-refractivity contribution in [3.63, 3.8) is 0 Å². The SMILES string of the molecule is CCCCC1=Cc2c(ccc(-c3ccccc3)c2-c2cc(C(C)C)cc(C(C)C)c2)[CH]1[Zr]([Cl])([Cl])([CH]1C(CCCC)=Cc2c1ccc(-c1ccccc1)c2-c1cc(C(C)C)cc(C(C)C)c1)[SiH](C)C. The van der Waals surface area contributed by atoms with Crippen molar-refractivity contribution >= 4 is 35.1 Å². The van der Waals surface area contributed by atoms with E-state index < -0.39 is 21.5 Å². The second kappa shape index (κ2) is 20.7. The van der Waals surface area contributed by atoms with Crippen LogP contribution in [0, 0.1) is 0 Å². The summed E-state index contributed by atoms with van der Waals surface area (Å²) in [6, 6.07) is 46.8. The predicted octanol–water partition coefficient (Wildman–Crippen LogP) is 20.8. The van der Waals surface area contributed by atoms with E-state index in [1.54, 1.807) is 0 Å². The Morgan fingerprint density at radius 1 is 0.456 bits per heavy atom. The standard InChI is InChI=1S/2C31H35.C2H7Si.2ClH.Zr/c2*1-6-7-11-23-16-25-14-15-29(24-12-9-8-10-13-24)31(30(25)17-23)28-19-26(21(2)3)18-27(20-28)22(4)5;1-3-2;;;/h2*8-10,12-22H,6-7,11H2,1-5H3;3H,1-2H3;2*1H;/q;;;;;+2/p-2. The fraction of sp³-hybridized carbons (Fsp3) is 0.375. The molecule has 0 aromatic heterocycles. The number of rotatable bonds is 17. The normalized spacial score (nSPS) is 16.4. The first-order chi connectivity index (χ1) is 32.5. The van der Waals surface area contributed by atoms with Crippen LogP contribution >= 0.6 is 17.0 Å². The van der Waals surface area contributed by atoms with E-state index in [0.717, 1.165) is 38.5 Å². The van der Waals surface area contributed by atoms with Crippen molar-refractivity contribution in [3.8, 4) is 44.5 Å². The molecule has 0 saturated heterocycles. The minimum atomic E-state index is -5.21. The van der Waals surface area contributed by atoms with E-state index in [0.29, 0.717) is 23.7 Å². The number of fused-ring (bicyclic) bond motifs is 2. The Morgan fingerprint density at radius 2 is 0.794 bits per heavy atom. The number of allylic oxidation sites excluding steroid dienone is 2. The zero-order valence-electron chi connectivity index (χ0n) is 43.2. The van der Waals surface area contributed by atoms with Crippen molar-refractivity contribution in [2.45, 2.75) is 152 Å². The molecule has 0 amide bonds. The number of benzene rings is 6. The second-order valence-electron chi connectivity index (χ2n) is 22.0. The van der Waals surface area contributed by atoms with Gasteiger partial charge in [0.1, 0.15) is 0 Å². The zero-order valence-corrected chi connectivity index (χ0v) is 48.4. The topological polar surface area (TPSA) is 0 Å². The van der Waals surface area contributed by atoms with Gasteiger partial charge in [0.05, 0.1) is 0 Å². The third-order valence-corrected chi connectivity index (χ3v) is 67.6. The Labute approximate surface area is 420 Å². The summed E-state index contributed by atoms with van der Waals surface area (Å²) in [7, 11) is 18.6. The van der Waals surface area contributed by atoms with E-state index in [1.165, 1.54) is 100 Å². The zero-order chi connectivity index (χ0) is 48.7. The molecule has 0 bridgehead atoms. The van der Waals surface area contributed by atoms with Crippen molar-refractivity contribution in [2.75, 3.05) is 0 Å². The van der Waals surface area contributed by atoms with E-state index in [4.69, 9.17) is 0 Å². The van der Waals surface area contributed by atoms with Crippen LogP contribution in [0.2, 0.25) is 13.1 Å². The van der Waals surface area contributed by atoms with Gasteiger partial charge in [-0.1, -0.05) is 0 Å². The molecule has 0 radical (unpaired) electrons. The molecule has 6 aromatic rings. The quantitative estimate of drug-likeness (QED) is 0.0799. The van der Waals surface area contributed by atoms with E-state index in [1.807, 2.05) is 0 Å². The Morgan fingerprint density at radius 3 is 1.09 bits per heavy atom. The van der Waals surface area contributed by atoms with Crippen molar-refractivity contribution in [2.24, 2.45) is 0 Å². The first kappa shape index (κ1) is 50.9. The molecule has 2 atom stereocenters. The molecular formula is C64H77Cl2SiZr. The Bertz CT molecular complexity index is 2600. The van der Waals surface area contributed by atoms with Crippen molar-refractivity contribution in [1.29, 1.82) is 0 Å². The van der Waals surface area contributed by atoms with Crippen LogP contribution in [0.1, 0.15) is 183 Å². The molecule has 0 fully saturated rings. The summed E-state index contributed by atoms with van der Waals surface area (Å²) < 4.78 is 0.0360. The summed E-state index contributed by atoms with van der Waals surface area (Å²) in [5.41, 5.74) is 24.3. The van der Waals surface area contributed by atoms with Crippen LogP contribution in [0.3, 0.4) is 0 Å². The molecular weight excluding hydrogens is 959 g/mol. The summed E-state index contributed by atoms with van der Waals surface area (Å²) in [6.07, 6.45) is 11.7. The molecule has 0 nitrogen and oxygen atoms in total. The number of hydrogen-bond acceptors (Lipinski definition) is 0. The Kier molecular flexibility index (Phi) is 15.5. The van der Waals surface area contributed by atoms with Gasteiger partial charge in [0.15, 0.2) is 0 Å². The first-order valence-electron chi connectivity index (χ1n) is 26.2. The molecule has 2 unspecified atom stereocenters. The Hall–Kier alpha value is -3.52. The molecule has 4 heteroatoms. The molecule has 355 valence electrons. The molecule has 2 aliphatic rings. The van der Waals surface area contributed by atoms with Gasteiger partial charge in [0.2, 0.25) is 0 Å². The van der Waals surface area contributed by atoms with Crippen LogP contribution in [0.25, 0.3) is 56.7 Å². The van der Waals surface area contributed by atoms with Crippen LogP contribution in [0.15, 0.2) is 132 Å². The number of halogens is 2. The van der Waals surface area contributed by atoms with Crippen molar-refractivity contribution in [3.05, 3.63) is 177 Å². The van der Waals surface area contributed by atoms with E-state index in [2.05, 4.69) is 216 Å². The van der Waals surface area contributed by atoms with Gasteiger partial charge in [-0.25, -0.2) is 0 Å². The molecule has 0 N–H and O–H groups in total. The van der Waals surface area contributed by atoms with Gasteiger partial charge < -0.3 is 0 Å². The molecule has 0 saturated carbocycles. The summed E-state index contributed by atoms with van der Waals surface area (Å²) in [6.45, 7) is 28.4. The molecule has 2 aliphatic carbocycles. The van der Waals surface area contributed by atoms with Gasteiger partial charge in [-0.15, -0.1) is 0 Å². The average molecular weight is 1040 g/mol. The molecule has 68 heavy (non-hydrogen) atoms. The van der Waals surface area contributed by atoms with E-state index in [-0.39, 0.29) is 7.25 Å². The number of hydrogen-bond donors (Lipinski definition) is 0. The predicted molar refractivity (Wildman–Crippen MR) is 302 cm³/mol. The van der Waals surface area contributed by atoms with Gasteiger partial charge in [-0.05, 0) is 0 Å². The van der Waals surface area contributed by atoms with Gasteiger partial charge in [0.25, 0.3) is 0 Å². The maximum atomic E-state index is 9.28. The first-order valence-corrected chi connectivity index (χ1v) is 42.5. The van der Waals surface area contributed by atoms with Crippen LogP contribution in [-0.2, 0) is 15.6 Å². The molecule has 8 rings (SSSR count). The van der Waals surface area contributed by atoms with Crippen LogP contribution < -0.4 is 0 Å². The van der Waals surface area contributed by atoms with Crippen LogP contribution in [-0.4, -0.2) is 5.92 Å². The van der Waals surface area contributed by atoms with Crippen LogP contribution in [0.4, 0.5) is 0 Å². The summed E-state index contributed by atoms with van der Waals surface area (Å²) in [5, 5.41) is 0. The van der Waals surface area contributed by atoms with Crippen LogP contribution in [0.5, 0.6) is 0 Å². The monoisotopic (exact) mass is 1030 g/mol. The average Bonchev–Trinajstić information content (AvgIpc) is 3.92. The molecule has 0 aliphatic heterocycles. The second-order valence-corrected chi connectivity index (χ2v) is 64.5.